The van der Waals surface area contributed by atoms with Gasteiger partial charge in [-0.05, 0) is 54.6 Å². The number of amides is 1. The summed E-state index contributed by atoms with van der Waals surface area (Å²) in [5.74, 6) is -0.136. The van der Waals surface area contributed by atoms with Crippen LogP contribution in [0.2, 0.25) is 0 Å². The molecule has 22 heavy (non-hydrogen) atoms. The highest BCUT2D eigenvalue weighted by Gasteiger charge is 2.15. The molecule has 0 bridgehead atoms. The smallest absolute Gasteiger partial charge is 0.257 e. The summed E-state index contributed by atoms with van der Waals surface area (Å²) in [6, 6.07) is 11.6. The van der Waals surface area contributed by atoms with Gasteiger partial charge < -0.3 is 5.32 Å². The second kappa shape index (κ2) is 6.12. The lowest BCUT2D eigenvalue weighted by Crippen LogP contribution is -2.14. The maximum Gasteiger partial charge on any atom is 0.257 e. The second-order valence-corrected chi connectivity index (χ2v) is 5.96. The van der Waals surface area contributed by atoms with Crippen LogP contribution in [0.3, 0.4) is 0 Å². The van der Waals surface area contributed by atoms with Crippen molar-refractivity contribution in [3.63, 3.8) is 0 Å². The highest BCUT2D eigenvalue weighted by molar-refractivity contribution is 7.08. The molecule has 2 heterocycles. The molecule has 3 aromatic rings. The van der Waals surface area contributed by atoms with Gasteiger partial charge >= 0.3 is 0 Å². The molecule has 0 radical (unpaired) electrons. The molecule has 1 aromatic carbocycles. The monoisotopic (exact) mass is 308 g/mol. The van der Waals surface area contributed by atoms with Gasteiger partial charge in [-0.15, -0.1) is 0 Å². The zero-order valence-corrected chi connectivity index (χ0v) is 13.3. The maximum absolute atomic E-state index is 12.6. The lowest BCUT2D eigenvalue weighted by atomic mass is 10.1. The first-order chi connectivity index (χ1) is 10.6. The van der Waals surface area contributed by atoms with Crippen molar-refractivity contribution in [2.45, 2.75) is 13.8 Å². The topological polar surface area (TPSA) is 42.0 Å². The van der Waals surface area contributed by atoms with Crippen LogP contribution in [0.15, 0.2) is 53.4 Å². The maximum atomic E-state index is 12.6. The second-order valence-electron chi connectivity index (χ2n) is 5.18. The normalized spacial score (nSPS) is 10.5. The standard InChI is InChI=1S/C18H16N2OS/c1-12-5-6-13(2)16(10-12)20-18(21)15-4-3-8-19-17(15)14-7-9-22-11-14/h3-11H,1-2H3,(H,20,21). The predicted octanol–water partition coefficient (Wildman–Crippen LogP) is 4.68. The van der Waals surface area contributed by atoms with E-state index in [-0.39, 0.29) is 5.91 Å². The zero-order chi connectivity index (χ0) is 15.5. The van der Waals surface area contributed by atoms with Crippen LogP contribution in [0.4, 0.5) is 5.69 Å². The Morgan fingerprint density at radius 2 is 2.05 bits per heavy atom. The third-order valence-electron chi connectivity index (χ3n) is 3.49. The summed E-state index contributed by atoms with van der Waals surface area (Å²) in [7, 11) is 0. The van der Waals surface area contributed by atoms with Gasteiger partial charge in [-0.25, -0.2) is 0 Å². The minimum Gasteiger partial charge on any atom is -0.322 e. The molecule has 0 aliphatic heterocycles. The Labute approximate surface area is 133 Å². The first kappa shape index (κ1) is 14.5. The van der Waals surface area contributed by atoms with Crippen molar-refractivity contribution in [2.75, 3.05) is 5.32 Å². The highest BCUT2D eigenvalue weighted by Crippen LogP contribution is 2.25. The molecule has 3 nitrogen and oxygen atoms in total. The summed E-state index contributed by atoms with van der Waals surface area (Å²) in [5, 5.41) is 6.97. The highest BCUT2D eigenvalue weighted by atomic mass is 32.1. The van der Waals surface area contributed by atoms with E-state index < -0.39 is 0 Å². The van der Waals surface area contributed by atoms with E-state index in [9.17, 15) is 4.79 Å². The van der Waals surface area contributed by atoms with Crippen LogP contribution >= 0.6 is 11.3 Å². The third-order valence-corrected chi connectivity index (χ3v) is 4.17. The molecular formula is C18H16N2OS. The number of benzene rings is 1. The molecule has 2 aromatic heterocycles. The van der Waals surface area contributed by atoms with Crippen LogP contribution in [0.25, 0.3) is 11.3 Å². The quantitative estimate of drug-likeness (QED) is 0.763. The van der Waals surface area contributed by atoms with Gasteiger partial charge in [0, 0.05) is 22.8 Å². The summed E-state index contributed by atoms with van der Waals surface area (Å²) in [4.78, 5) is 17.0. The summed E-state index contributed by atoms with van der Waals surface area (Å²) < 4.78 is 0. The van der Waals surface area contributed by atoms with Crippen LogP contribution in [0.1, 0.15) is 21.5 Å². The van der Waals surface area contributed by atoms with Gasteiger partial charge in [-0.1, -0.05) is 12.1 Å². The molecular weight excluding hydrogens is 292 g/mol. The van der Waals surface area contributed by atoms with E-state index in [1.54, 1.807) is 29.7 Å². The fourth-order valence-electron chi connectivity index (χ4n) is 2.28. The largest absolute Gasteiger partial charge is 0.322 e. The van der Waals surface area contributed by atoms with E-state index in [1.165, 1.54) is 0 Å². The van der Waals surface area contributed by atoms with Crippen molar-refractivity contribution in [1.29, 1.82) is 0 Å². The molecule has 3 rings (SSSR count). The predicted molar refractivity (Wildman–Crippen MR) is 91.4 cm³/mol. The SMILES string of the molecule is Cc1ccc(C)c(NC(=O)c2cccnc2-c2ccsc2)c1. The fourth-order valence-corrected chi connectivity index (χ4v) is 2.92. The molecule has 0 atom stereocenters. The molecule has 0 saturated heterocycles. The summed E-state index contributed by atoms with van der Waals surface area (Å²) in [6.07, 6.45) is 1.71. The van der Waals surface area contributed by atoms with E-state index in [2.05, 4.69) is 10.3 Å². The number of thiophene rings is 1. The minimum absolute atomic E-state index is 0.136. The van der Waals surface area contributed by atoms with Gasteiger partial charge in [0.25, 0.3) is 5.91 Å². The van der Waals surface area contributed by atoms with E-state index >= 15 is 0 Å². The number of anilines is 1. The van der Waals surface area contributed by atoms with Crippen LogP contribution in [-0.2, 0) is 0 Å². The molecule has 0 aliphatic carbocycles. The van der Waals surface area contributed by atoms with E-state index in [0.29, 0.717) is 11.3 Å². The third kappa shape index (κ3) is 2.92. The van der Waals surface area contributed by atoms with E-state index in [4.69, 9.17) is 0 Å². The van der Waals surface area contributed by atoms with Gasteiger partial charge in [-0.2, -0.15) is 11.3 Å². The minimum atomic E-state index is -0.136. The molecule has 0 unspecified atom stereocenters. The number of hydrogen-bond acceptors (Lipinski definition) is 3. The number of rotatable bonds is 3. The molecule has 0 aliphatic rings. The molecule has 4 heteroatoms. The molecule has 0 spiro atoms. The summed E-state index contributed by atoms with van der Waals surface area (Å²) in [6.45, 7) is 3.99. The van der Waals surface area contributed by atoms with Crippen LogP contribution < -0.4 is 5.32 Å². The molecule has 0 saturated carbocycles. The van der Waals surface area contributed by atoms with Gasteiger partial charge in [0.1, 0.15) is 0 Å². The van der Waals surface area contributed by atoms with Crippen molar-refractivity contribution >= 4 is 22.9 Å². The Morgan fingerprint density at radius 3 is 2.82 bits per heavy atom. The van der Waals surface area contributed by atoms with Crippen LogP contribution in [0.5, 0.6) is 0 Å². The Balaban J connectivity index is 1.95. The lowest BCUT2D eigenvalue weighted by molar-refractivity contribution is 0.102. The number of aromatic nitrogens is 1. The van der Waals surface area contributed by atoms with Gasteiger partial charge in [0.05, 0.1) is 11.3 Å². The van der Waals surface area contributed by atoms with E-state index in [1.807, 2.05) is 48.9 Å². The Kier molecular flexibility index (Phi) is 4.02. The van der Waals surface area contributed by atoms with Gasteiger partial charge in [-0.3, -0.25) is 9.78 Å². The summed E-state index contributed by atoms with van der Waals surface area (Å²) in [5.41, 5.74) is 5.26. The van der Waals surface area contributed by atoms with Crippen molar-refractivity contribution in [1.82, 2.24) is 4.98 Å². The molecule has 110 valence electrons. The molecule has 0 fully saturated rings. The van der Waals surface area contributed by atoms with Crippen LogP contribution in [0, 0.1) is 13.8 Å². The van der Waals surface area contributed by atoms with E-state index in [0.717, 1.165) is 22.4 Å². The fraction of sp³-hybridized carbons (Fsp3) is 0.111. The molecule has 1 N–H and O–H groups in total. The van der Waals surface area contributed by atoms with Gasteiger partial charge in [0.15, 0.2) is 0 Å². The average Bonchev–Trinajstić information content (AvgIpc) is 3.05. The number of pyridine rings is 1. The lowest BCUT2D eigenvalue weighted by Gasteiger charge is -2.11. The number of carbonyl (C=O) groups excluding carboxylic acids is 1. The number of nitrogens with zero attached hydrogens (tertiary/aromatic N) is 1. The molecule has 1 amide bonds. The Hall–Kier alpha value is -2.46. The average molecular weight is 308 g/mol. The van der Waals surface area contributed by atoms with Crippen LogP contribution in [-0.4, -0.2) is 10.9 Å². The van der Waals surface area contributed by atoms with Crippen molar-refractivity contribution in [3.05, 3.63) is 70.0 Å². The van der Waals surface area contributed by atoms with Crippen molar-refractivity contribution in [3.8, 4) is 11.3 Å². The number of aryl methyl sites for hydroxylation is 2. The first-order valence-corrected chi connectivity index (χ1v) is 7.95. The van der Waals surface area contributed by atoms with Gasteiger partial charge in [0.2, 0.25) is 0 Å². The number of carbonyl (C=O) groups is 1. The zero-order valence-electron chi connectivity index (χ0n) is 12.5. The number of hydrogen-bond donors (Lipinski definition) is 1. The number of nitrogens with one attached hydrogen (secondary N) is 1. The first-order valence-electron chi connectivity index (χ1n) is 7.01. The van der Waals surface area contributed by atoms with Crippen molar-refractivity contribution in [2.24, 2.45) is 0 Å². The Bertz CT molecular complexity index is 810. The van der Waals surface area contributed by atoms with Crippen molar-refractivity contribution < 1.29 is 4.79 Å². The Morgan fingerprint density at radius 1 is 1.18 bits per heavy atom. The summed E-state index contributed by atoms with van der Waals surface area (Å²) >= 11 is 1.59.